The normalized spacial score (nSPS) is 33.2. The second kappa shape index (κ2) is 7.15. The highest BCUT2D eigenvalue weighted by Crippen LogP contribution is 2.68. The number of anilines is 1. The second-order valence-corrected chi connectivity index (χ2v) is 12.1. The van der Waals surface area contributed by atoms with Gasteiger partial charge < -0.3 is 4.98 Å². The van der Waals surface area contributed by atoms with Gasteiger partial charge in [0.15, 0.2) is 0 Å². The first-order valence-corrected chi connectivity index (χ1v) is 13.2. The van der Waals surface area contributed by atoms with Crippen LogP contribution in [0.3, 0.4) is 0 Å². The van der Waals surface area contributed by atoms with Crippen molar-refractivity contribution >= 4 is 40.6 Å². The number of hydrogen-bond acceptors (Lipinski definition) is 5. The number of halogens is 1. The van der Waals surface area contributed by atoms with Gasteiger partial charge in [0.25, 0.3) is 0 Å². The number of rotatable bonds is 2. The van der Waals surface area contributed by atoms with E-state index in [4.69, 9.17) is 0 Å². The Hall–Kier alpha value is -2.71. The summed E-state index contributed by atoms with van der Waals surface area (Å²) >= 11 is 2.87. The fourth-order valence-corrected chi connectivity index (χ4v) is 9.90. The SMILES string of the molecule is Cc1ccc(N2C(=O)[C@H]3[C@H]4C[C@@H]([C@@H]3C2=O)[C@H]2[C@H](c3ccc(F)cc3)c3sc(=O)[nH]c3S[C@H]42)cc1. The zero-order valence-electron chi connectivity index (χ0n) is 18.2. The number of H-pyrrole nitrogens is 1. The lowest BCUT2D eigenvalue weighted by Gasteiger charge is -2.43. The van der Waals surface area contributed by atoms with Crippen LogP contribution in [0.5, 0.6) is 0 Å². The molecule has 2 aromatic carbocycles. The smallest absolute Gasteiger partial charge is 0.305 e. The lowest BCUT2D eigenvalue weighted by molar-refractivity contribution is -0.123. The number of aromatic nitrogens is 1. The highest BCUT2D eigenvalue weighted by atomic mass is 32.2. The van der Waals surface area contributed by atoms with Crippen molar-refractivity contribution in [3.63, 3.8) is 0 Å². The minimum absolute atomic E-state index is 0.0554. The molecular weight excluding hydrogens is 471 g/mol. The molecule has 1 N–H and O–H groups in total. The molecule has 2 aliphatic heterocycles. The number of carbonyl (C=O) groups excluding carboxylic acids is 2. The molecule has 0 unspecified atom stereocenters. The zero-order valence-corrected chi connectivity index (χ0v) is 19.9. The van der Waals surface area contributed by atoms with Crippen LogP contribution in [-0.2, 0) is 9.59 Å². The van der Waals surface area contributed by atoms with Gasteiger partial charge in [-0.2, -0.15) is 0 Å². The Kier molecular flexibility index (Phi) is 4.34. The fourth-order valence-electron chi connectivity index (χ4n) is 7.01. The van der Waals surface area contributed by atoms with Crippen molar-refractivity contribution in [1.82, 2.24) is 4.98 Å². The van der Waals surface area contributed by atoms with E-state index in [0.29, 0.717) is 5.69 Å². The molecule has 3 aromatic rings. The highest BCUT2D eigenvalue weighted by molar-refractivity contribution is 8.00. The van der Waals surface area contributed by atoms with E-state index >= 15 is 0 Å². The summed E-state index contributed by atoms with van der Waals surface area (Å²) in [6.45, 7) is 1.98. The average Bonchev–Trinajstić information content (AvgIpc) is 3.54. The van der Waals surface area contributed by atoms with Crippen LogP contribution < -0.4 is 9.77 Å². The number of aromatic amines is 1. The van der Waals surface area contributed by atoms with E-state index < -0.39 is 0 Å². The number of fused-ring (bicyclic) bond motifs is 9. The second-order valence-electron chi connectivity index (χ2n) is 9.86. The predicted octanol–water partition coefficient (Wildman–Crippen LogP) is 4.56. The van der Waals surface area contributed by atoms with Crippen molar-refractivity contribution in [2.75, 3.05) is 4.90 Å². The molecule has 7 atom stereocenters. The summed E-state index contributed by atoms with van der Waals surface area (Å²) in [4.78, 5) is 44.8. The minimum atomic E-state index is -0.333. The number of thiazole rings is 1. The Morgan fingerprint density at radius 1 is 0.941 bits per heavy atom. The first-order chi connectivity index (χ1) is 16.4. The van der Waals surface area contributed by atoms with E-state index in [1.54, 1.807) is 23.9 Å². The van der Waals surface area contributed by atoms with Gasteiger partial charge in [0, 0.05) is 16.0 Å². The Morgan fingerprint density at radius 2 is 1.62 bits per heavy atom. The Morgan fingerprint density at radius 3 is 2.32 bits per heavy atom. The molecule has 2 aliphatic carbocycles. The number of benzene rings is 2. The number of amides is 2. The van der Waals surface area contributed by atoms with Crippen LogP contribution in [0.2, 0.25) is 0 Å². The molecule has 3 heterocycles. The van der Waals surface area contributed by atoms with Crippen molar-refractivity contribution < 1.29 is 14.0 Å². The molecule has 1 saturated heterocycles. The van der Waals surface area contributed by atoms with Crippen LogP contribution in [0.1, 0.15) is 28.3 Å². The number of nitrogens with zero attached hydrogens (tertiary/aromatic N) is 1. The van der Waals surface area contributed by atoms with E-state index in [0.717, 1.165) is 27.5 Å². The summed E-state index contributed by atoms with van der Waals surface area (Å²) in [7, 11) is 0. The number of nitrogens with one attached hydrogen (secondary N) is 1. The molecule has 5 nitrogen and oxygen atoms in total. The first-order valence-electron chi connectivity index (χ1n) is 11.5. The maximum atomic E-state index is 13.7. The van der Waals surface area contributed by atoms with Crippen molar-refractivity contribution in [3.8, 4) is 0 Å². The van der Waals surface area contributed by atoms with Crippen LogP contribution >= 0.6 is 23.1 Å². The van der Waals surface area contributed by atoms with Gasteiger partial charge in [-0.3, -0.25) is 19.3 Å². The van der Waals surface area contributed by atoms with E-state index in [9.17, 15) is 18.8 Å². The monoisotopic (exact) mass is 492 g/mol. The third-order valence-corrected chi connectivity index (χ3v) is 10.8. The molecule has 2 bridgehead atoms. The Balaban J connectivity index is 1.32. The van der Waals surface area contributed by atoms with Gasteiger partial charge in [-0.25, -0.2) is 4.39 Å². The molecule has 4 aliphatic rings. The quantitative estimate of drug-likeness (QED) is 0.533. The van der Waals surface area contributed by atoms with Crippen molar-refractivity contribution in [1.29, 1.82) is 0 Å². The lowest BCUT2D eigenvalue weighted by atomic mass is 9.68. The Bertz CT molecular complexity index is 1400. The molecule has 7 rings (SSSR count). The van der Waals surface area contributed by atoms with Crippen LogP contribution in [0.25, 0.3) is 0 Å². The summed E-state index contributed by atoms with van der Waals surface area (Å²) in [6.07, 6.45) is 0.841. The molecule has 0 spiro atoms. The topological polar surface area (TPSA) is 70.2 Å². The van der Waals surface area contributed by atoms with Crippen LogP contribution in [0.4, 0.5) is 10.1 Å². The summed E-state index contributed by atoms with van der Waals surface area (Å²) in [5.41, 5.74) is 2.68. The average molecular weight is 493 g/mol. The van der Waals surface area contributed by atoms with Gasteiger partial charge in [0.1, 0.15) is 5.82 Å². The van der Waals surface area contributed by atoms with E-state index in [-0.39, 0.29) is 63.3 Å². The Labute approximate surface area is 203 Å². The van der Waals surface area contributed by atoms with Crippen molar-refractivity contribution in [2.24, 2.45) is 29.6 Å². The molecule has 8 heteroatoms. The summed E-state index contributed by atoms with van der Waals surface area (Å²) in [6, 6.07) is 14.1. The maximum absolute atomic E-state index is 13.7. The molecule has 2 amide bonds. The first kappa shape index (κ1) is 20.6. The van der Waals surface area contributed by atoms with Crippen LogP contribution in [0, 0.1) is 42.3 Å². The minimum Gasteiger partial charge on any atom is -0.307 e. The lowest BCUT2D eigenvalue weighted by Crippen LogP contribution is -2.42. The summed E-state index contributed by atoms with van der Waals surface area (Å²) in [5.74, 6) is -0.959. The van der Waals surface area contributed by atoms with Crippen molar-refractivity contribution in [3.05, 3.63) is 80.0 Å². The number of hydrogen-bond donors (Lipinski definition) is 1. The van der Waals surface area contributed by atoms with Gasteiger partial charge in [0.05, 0.1) is 22.5 Å². The standard InChI is InChI=1S/C26H21FN2O3S2/c1-11-2-8-14(9-3-11)29-24(30)19-15-10-16(20(19)25(29)31)21-18(15)17(12-4-6-13(27)7-5-12)22-23(33-21)28-26(32)34-22/h2-9,15-21H,10H2,1H3,(H,28,32)/t15-,16-,17+,18+,19+,20+,21-/m1/s1. The maximum Gasteiger partial charge on any atom is 0.305 e. The van der Waals surface area contributed by atoms with Gasteiger partial charge in [-0.15, -0.1) is 11.8 Å². The van der Waals surface area contributed by atoms with E-state index in [2.05, 4.69) is 4.98 Å². The van der Waals surface area contributed by atoms with Crippen LogP contribution in [0.15, 0.2) is 58.4 Å². The molecule has 2 saturated carbocycles. The van der Waals surface area contributed by atoms with Gasteiger partial charge >= 0.3 is 4.87 Å². The molecule has 34 heavy (non-hydrogen) atoms. The number of carbonyl (C=O) groups is 2. The van der Waals surface area contributed by atoms with E-state index in [1.165, 1.54) is 28.4 Å². The fraction of sp³-hybridized carbons (Fsp3) is 0.346. The van der Waals surface area contributed by atoms with Crippen LogP contribution in [-0.4, -0.2) is 22.0 Å². The summed E-state index contributed by atoms with van der Waals surface area (Å²) < 4.78 is 13.7. The molecule has 3 fully saturated rings. The third kappa shape index (κ3) is 2.69. The number of thioether (sulfide) groups is 1. The zero-order chi connectivity index (χ0) is 23.3. The predicted molar refractivity (Wildman–Crippen MR) is 129 cm³/mol. The van der Waals surface area contributed by atoms with Gasteiger partial charge in [0.2, 0.25) is 11.8 Å². The van der Waals surface area contributed by atoms with E-state index in [1.807, 2.05) is 31.2 Å². The summed E-state index contributed by atoms with van der Waals surface area (Å²) in [5, 5.41) is 0.996. The number of imide groups is 1. The largest absolute Gasteiger partial charge is 0.307 e. The molecule has 172 valence electrons. The third-order valence-electron chi connectivity index (χ3n) is 8.25. The molecule has 1 aromatic heterocycles. The molecule has 0 radical (unpaired) electrons. The highest BCUT2D eigenvalue weighted by Gasteiger charge is 2.69. The van der Waals surface area contributed by atoms with Gasteiger partial charge in [-0.05, 0) is 60.9 Å². The molecular formula is C26H21FN2O3S2. The number of aryl methyl sites for hydroxylation is 1. The van der Waals surface area contributed by atoms with Crippen molar-refractivity contribution in [2.45, 2.75) is 29.5 Å². The van der Waals surface area contributed by atoms with Gasteiger partial charge in [-0.1, -0.05) is 41.2 Å².